The van der Waals surface area contributed by atoms with Gasteiger partial charge in [-0.3, -0.25) is 0 Å². The molecule has 8 heteroatoms. The van der Waals surface area contributed by atoms with Crippen LogP contribution in [0.4, 0.5) is 5.95 Å². The van der Waals surface area contributed by atoms with E-state index in [-0.39, 0.29) is 6.10 Å². The molecule has 0 bridgehead atoms. The number of aliphatic hydroxyl groups is 1. The van der Waals surface area contributed by atoms with E-state index in [0.717, 1.165) is 13.1 Å². The molecule has 2 fully saturated rings. The second-order valence-electron chi connectivity index (χ2n) is 7.51. The van der Waals surface area contributed by atoms with Gasteiger partial charge in [0.25, 0.3) is 0 Å². The minimum atomic E-state index is -0.604. The standard InChI is InChI=1S/C21H25N3O5/c1-27-19-7-8-22-21(23-19)24-11-13-9-16(25)18(10-14(13)12-24)29-17-6-4-3-5-15(17)20(26)28-2/h3-8,13-14,16,18,25H,9-12H2,1-2H3/t13-,14+,16+,18+/m0/s1. The van der Waals surface area contributed by atoms with Crippen LogP contribution >= 0.6 is 0 Å². The number of benzene rings is 1. The lowest BCUT2D eigenvalue weighted by molar-refractivity contribution is -0.0237. The molecule has 0 unspecified atom stereocenters. The lowest BCUT2D eigenvalue weighted by Gasteiger charge is -2.35. The Hall–Kier alpha value is -2.87. The molecule has 1 aromatic heterocycles. The van der Waals surface area contributed by atoms with Crippen molar-refractivity contribution in [3.8, 4) is 11.6 Å². The topological polar surface area (TPSA) is 94.0 Å². The molecular formula is C21H25N3O5. The Morgan fingerprint density at radius 3 is 2.66 bits per heavy atom. The molecule has 0 amide bonds. The van der Waals surface area contributed by atoms with Crippen molar-refractivity contribution in [3.05, 3.63) is 42.1 Å². The molecule has 154 valence electrons. The van der Waals surface area contributed by atoms with E-state index in [1.54, 1.807) is 43.6 Å². The van der Waals surface area contributed by atoms with E-state index in [1.165, 1.54) is 7.11 Å². The van der Waals surface area contributed by atoms with Crippen LogP contribution in [0.1, 0.15) is 23.2 Å². The van der Waals surface area contributed by atoms with Gasteiger partial charge >= 0.3 is 5.97 Å². The van der Waals surface area contributed by atoms with Gasteiger partial charge in [-0.2, -0.15) is 4.98 Å². The van der Waals surface area contributed by atoms with E-state index in [4.69, 9.17) is 14.2 Å². The number of methoxy groups -OCH3 is 2. The molecule has 8 nitrogen and oxygen atoms in total. The van der Waals surface area contributed by atoms with E-state index >= 15 is 0 Å². The maximum absolute atomic E-state index is 12.0. The highest BCUT2D eigenvalue weighted by atomic mass is 16.5. The van der Waals surface area contributed by atoms with E-state index < -0.39 is 12.1 Å². The largest absolute Gasteiger partial charge is 0.487 e. The molecule has 2 aliphatic rings. The quantitative estimate of drug-likeness (QED) is 0.763. The van der Waals surface area contributed by atoms with Crippen LogP contribution in [0.25, 0.3) is 0 Å². The third-order valence-electron chi connectivity index (χ3n) is 5.76. The number of ether oxygens (including phenoxy) is 3. The van der Waals surface area contributed by atoms with E-state index in [9.17, 15) is 9.90 Å². The van der Waals surface area contributed by atoms with Gasteiger partial charge in [0, 0.05) is 25.4 Å². The Balaban J connectivity index is 1.47. The van der Waals surface area contributed by atoms with Crippen molar-refractivity contribution >= 4 is 11.9 Å². The molecule has 1 aliphatic heterocycles. The molecule has 4 rings (SSSR count). The summed E-state index contributed by atoms with van der Waals surface area (Å²) in [6, 6.07) is 8.68. The summed E-state index contributed by atoms with van der Waals surface area (Å²) in [6.45, 7) is 1.59. The number of anilines is 1. The predicted octanol–water partition coefficient (Wildman–Crippen LogP) is 1.93. The number of nitrogens with zero attached hydrogens (tertiary/aromatic N) is 3. The first kappa shape index (κ1) is 19.4. The Bertz CT molecular complexity index is 877. The summed E-state index contributed by atoms with van der Waals surface area (Å²) in [5, 5.41) is 10.7. The van der Waals surface area contributed by atoms with Crippen LogP contribution in [0.15, 0.2) is 36.5 Å². The van der Waals surface area contributed by atoms with Gasteiger partial charge in [-0.15, -0.1) is 0 Å². The predicted molar refractivity (Wildman–Crippen MR) is 105 cm³/mol. The Morgan fingerprint density at radius 2 is 1.90 bits per heavy atom. The molecule has 4 atom stereocenters. The van der Waals surface area contributed by atoms with Crippen molar-refractivity contribution in [1.82, 2.24) is 9.97 Å². The van der Waals surface area contributed by atoms with Crippen molar-refractivity contribution in [3.63, 3.8) is 0 Å². The van der Waals surface area contributed by atoms with E-state index in [2.05, 4.69) is 14.9 Å². The van der Waals surface area contributed by atoms with Gasteiger partial charge in [-0.05, 0) is 36.8 Å². The first-order chi connectivity index (χ1) is 14.1. The number of hydrogen-bond acceptors (Lipinski definition) is 8. The highest BCUT2D eigenvalue weighted by Gasteiger charge is 2.43. The molecule has 0 spiro atoms. The maximum Gasteiger partial charge on any atom is 0.341 e. The molecule has 1 aromatic carbocycles. The normalized spacial score (nSPS) is 26.0. The number of fused-ring (bicyclic) bond motifs is 1. The highest BCUT2D eigenvalue weighted by Crippen LogP contribution is 2.39. The zero-order chi connectivity index (χ0) is 20.4. The Labute approximate surface area is 169 Å². The van der Waals surface area contributed by atoms with Crippen LogP contribution in [0.3, 0.4) is 0 Å². The van der Waals surface area contributed by atoms with Gasteiger partial charge in [0.05, 0.1) is 20.3 Å². The van der Waals surface area contributed by atoms with Crippen LogP contribution in [-0.2, 0) is 4.74 Å². The second kappa shape index (κ2) is 8.24. The van der Waals surface area contributed by atoms with Gasteiger partial charge in [0.15, 0.2) is 0 Å². The van der Waals surface area contributed by atoms with Crippen molar-refractivity contribution in [2.75, 3.05) is 32.2 Å². The van der Waals surface area contributed by atoms with Gasteiger partial charge in [0.1, 0.15) is 17.4 Å². The lowest BCUT2D eigenvalue weighted by atomic mass is 9.78. The van der Waals surface area contributed by atoms with Gasteiger partial charge < -0.3 is 24.2 Å². The molecule has 1 saturated carbocycles. The number of para-hydroxylation sites is 1. The number of rotatable bonds is 5. The summed E-state index contributed by atoms with van der Waals surface area (Å²) in [7, 11) is 2.92. The van der Waals surface area contributed by atoms with Crippen molar-refractivity contribution in [1.29, 1.82) is 0 Å². The summed E-state index contributed by atoms with van der Waals surface area (Å²) in [5.41, 5.74) is 0.363. The van der Waals surface area contributed by atoms with Gasteiger partial charge in [-0.25, -0.2) is 9.78 Å². The van der Waals surface area contributed by atoms with E-state index in [0.29, 0.717) is 47.8 Å². The molecule has 1 aliphatic carbocycles. The Morgan fingerprint density at radius 1 is 1.14 bits per heavy atom. The summed E-state index contributed by atoms with van der Waals surface area (Å²) in [4.78, 5) is 22.9. The zero-order valence-electron chi connectivity index (χ0n) is 16.5. The number of aromatic nitrogens is 2. The van der Waals surface area contributed by atoms with Crippen molar-refractivity contribution in [2.24, 2.45) is 11.8 Å². The Kier molecular flexibility index (Phi) is 5.53. The fraction of sp³-hybridized carbons (Fsp3) is 0.476. The fourth-order valence-corrected chi connectivity index (χ4v) is 4.29. The van der Waals surface area contributed by atoms with Crippen LogP contribution in [-0.4, -0.2) is 60.6 Å². The second-order valence-corrected chi connectivity index (χ2v) is 7.51. The number of aliphatic hydroxyl groups excluding tert-OH is 1. The monoisotopic (exact) mass is 399 g/mol. The van der Waals surface area contributed by atoms with Crippen LogP contribution in [0, 0.1) is 11.8 Å². The minimum Gasteiger partial charge on any atom is -0.487 e. The molecule has 29 heavy (non-hydrogen) atoms. The first-order valence-electron chi connectivity index (χ1n) is 9.73. The summed E-state index contributed by atoms with van der Waals surface area (Å²) in [5.74, 6) is 1.85. The van der Waals surface area contributed by atoms with Crippen LogP contribution < -0.4 is 14.4 Å². The van der Waals surface area contributed by atoms with Crippen LogP contribution in [0.2, 0.25) is 0 Å². The third-order valence-corrected chi connectivity index (χ3v) is 5.76. The van der Waals surface area contributed by atoms with Gasteiger partial charge in [-0.1, -0.05) is 12.1 Å². The van der Waals surface area contributed by atoms with Crippen LogP contribution in [0.5, 0.6) is 11.6 Å². The maximum atomic E-state index is 12.0. The molecular weight excluding hydrogens is 374 g/mol. The SMILES string of the molecule is COC(=O)c1ccccc1O[C@@H]1C[C@@H]2CN(c3nccc(OC)n3)C[C@@H]2C[C@H]1O. The molecule has 1 saturated heterocycles. The number of carbonyl (C=O) groups excluding carboxylic acids is 1. The van der Waals surface area contributed by atoms with Crippen molar-refractivity contribution in [2.45, 2.75) is 25.0 Å². The third kappa shape index (κ3) is 3.98. The van der Waals surface area contributed by atoms with Gasteiger partial charge in [0.2, 0.25) is 11.8 Å². The smallest absolute Gasteiger partial charge is 0.341 e. The van der Waals surface area contributed by atoms with Crippen molar-refractivity contribution < 1.29 is 24.1 Å². The molecule has 1 N–H and O–H groups in total. The average Bonchev–Trinajstić information content (AvgIpc) is 3.16. The first-order valence-corrected chi connectivity index (χ1v) is 9.73. The number of carbonyl (C=O) groups is 1. The number of hydrogen-bond donors (Lipinski definition) is 1. The lowest BCUT2D eigenvalue weighted by Crippen LogP contribution is -2.42. The highest BCUT2D eigenvalue weighted by molar-refractivity contribution is 5.92. The fourth-order valence-electron chi connectivity index (χ4n) is 4.29. The summed E-state index contributed by atoms with van der Waals surface area (Å²) in [6.07, 6.45) is 2.03. The summed E-state index contributed by atoms with van der Waals surface area (Å²) >= 11 is 0. The van der Waals surface area contributed by atoms with E-state index in [1.807, 2.05) is 0 Å². The average molecular weight is 399 g/mol. The molecule has 0 radical (unpaired) electrons. The molecule has 2 aromatic rings. The minimum absolute atomic E-state index is 0.343. The molecule has 2 heterocycles. The number of esters is 1. The zero-order valence-corrected chi connectivity index (χ0v) is 16.5. The summed E-state index contributed by atoms with van der Waals surface area (Å²) < 4.78 is 16.1.